The lowest BCUT2D eigenvalue weighted by Gasteiger charge is -1.94. The van der Waals surface area contributed by atoms with Crippen molar-refractivity contribution in [2.75, 3.05) is 5.73 Å². The number of fused-ring (bicyclic) bond motifs is 1. The number of aryl methyl sites for hydroxylation is 2. The lowest BCUT2D eigenvalue weighted by molar-refractivity contribution is 0.630. The van der Waals surface area contributed by atoms with Gasteiger partial charge in [0.05, 0.1) is 20.9 Å². The van der Waals surface area contributed by atoms with Gasteiger partial charge in [0, 0.05) is 5.38 Å². The molecule has 0 fully saturated rings. The Bertz CT molecular complexity index is 705. The zero-order chi connectivity index (χ0) is 13.2. The molecule has 0 bridgehead atoms. The number of nitrogens with zero attached hydrogens (tertiary/aromatic N) is 2. The number of anilines is 1. The summed E-state index contributed by atoms with van der Waals surface area (Å²) >= 11 is 3.03. The molecular weight excluding hydrogens is 281 g/mol. The van der Waals surface area contributed by atoms with Gasteiger partial charge in [0.1, 0.15) is 5.82 Å². The van der Waals surface area contributed by atoms with Crippen LogP contribution in [-0.2, 0) is 12.8 Å². The summed E-state index contributed by atoms with van der Waals surface area (Å²) < 4.78 is 14.0. The summed E-state index contributed by atoms with van der Waals surface area (Å²) in [7, 11) is 0. The minimum absolute atomic E-state index is 0.208. The third-order valence-corrected chi connectivity index (χ3v) is 4.59. The second-order valence-electron chi connectivity index (χ2n) is 4.25. The summed E-state index contributed by atoms with van der Waals surface area (Å²) in [6, 6.07) is 4.72. The molecule has 0 atom stereocenters. The lowest BCUT2D eigenvalue weighted by Crippen LogP contribution is -1.90. The molecule has 0 spiro atoms. The third kappa shape index (κ3) is 2.90. The molecule has 3 aromatic rings. The highest BCUT2D eigenvalue weighted by molar-refractivity contribution is 7.18. The van der Waals surface area contributed by atoms with Crippen molar-refractivity contribution < 1.29 is 4.39 Å². The van der Waals surface area contributed by atoms with Crippen LogP contribution in [0.3, 0.4) is 0 Å². The van der Waals surface area contributed by atoms with E-state index in [0.717, 1.165) is 40.2 Å². The Hall–Kier alpha value is -1.53. The van der Waals surface area contributed by atoms with Crippen molar-refractivity contribution in [3.8, 4) is 0 Å². The lowest BCUT2D eigenvalue weighted by atomic mass is 10.2. The molecule has 0 amide bonds. The smallest absolute Gasteiger partial charge is 0.180 e. The van der Waals surface area contributed by atoms with Gasteiger partial charge in [-0.25, -0.2) is 14.4 Å². The first kappa shape index (κ1) is 12.5. The van der Waals surface area contributed by atoms with Crippen LogP contribution in [0.1, 0.15) is 17.1 Å². The van der Waals surface area contributed by atoms with Crippen molar-refractivity contribution in [1.82, 2.24) is 9.97 Å². The number of halogens is 1. The number of hydrogen-bond donors (Lipinski definition) is 1. The molecule has 0 unspecified atom stereocenters. The molecule has 0 radical (unpaired) electrons. The van der Waals surface area contributed by atoms with Crippen molar-refractivity contribution >= 4 is 38.0 Å². The Morgan fingerprint density at radius 2 is 2.11 bits per heavy atom. The molecule has 1 aromatic carbocycles. The van der Waals surface area contributed by atoms with Gasteiger partial charge < -0.3 is 5.73 Å². The van der Waals surface area contributed by atoms with Crippen molar-refractivity contribution in [2.45, 2.75) is 19.3 Å². The number of aromatic nitrogens is 2. The van der Waals surface area contributed by atoms with Gasteiger partial charge >= 0.3 is 0 Å². The fraction of sp³-hybridized carbons (Fsp3) is 0.231. The van der Waals surface area contributed by atoms with Crippen LogP contribution in [0.15, 0.2) is 23.6 Å². The summed E-state index contributed by atoms with van der Waals surface area (Å²) in [6.45, 7) is 0. The standard InChI is InChI=1S/C13H12FN3S2/c14-8-4-5-10-11(6-8)19-12(17-10)3-1-2-9-7-18-13(15)16-9/h4-7H,1-3H2,(H2,15,16). The highest BCUT2D eigenvalue weighted by atomic mass is 32.1. The van der Waals surface area contributed by atoms with Crippen LogP contribution in [0.2, 0.25) is 0 Å². The first-order valence-electron chi connectivity index (χ1n) is 5.95. The van der Waals surface area contributed by atoms with Crippen LogP contribution in [0.5, 0.6) is 0 Å². The first-order valence-corrected chi connectivity index (χ1v) is 7.65. The van der Waals surface area contributed by atoms with Crippen LogP contribution in [-0.4, -0.2) is 9.97 Å². The van der Waals surface area contributed by atoms with E-state index < -0.39 is 0 Å². The molecule has 2 N–H and O–H groups in total. The van der Waals surface area contributed by atoms with Gasteiger partial charge in [-0.3, -0.25) is 0 Å². The number of hydrogen-bond acceptors (Lipinski definition) is 5. The molecule has 0 aliphatic carbocycles. The number of nitrogens with two attached hydrogens (primary N) is 1. The minimum atomic E-state index is -0.208. The van der Waals surface area contributed by atoms with Crippen molar-refractivity contribution in [1.29, 1.82) is 0 Å². The van der Waals surface area contributed by atoms with Gasteiger partial charge in [0.2, 0.25) is 0 Å². The maximum atomic E-state index is 13.1. The molecule has 19 heavy (non-hydrogen) atoms. The topological polar surface area (TPSA) is 51.8 Å². The van der Waals surface area contributed by atoms with Gasteiger partial charge in [0.15, 0.2) is 5.13 Å². The predicted octanol–water partition coefficient (Wildman–Crippen LogP) is 3.65. The molecule has 2 heterocycles. The largest absolute Gasteiger partial charge is 0.375 e. The van der Waals surface area contributed by atoms with E-state index in [1.807, 2.05) is 5.38 Å². The number of benzene rings is 1. The highest BCUT2D eigenvalue weighted by Gasteiger charge is 2.05. The number of nitrogen functional groups attached to an aromatic ring is 1. The number of rotatable bonds is 4. The molecule has 0 aliphatic rings. The second-order valence-corrected chi connectivity index (χ2v) is 6.26. The van der Waals surface area contributed by atoms with Gasteiger partial charge in [0.25, 0.3) is 0 Å². The Kier molecular flexibility index (Phi) is 3.44. The summed E-state index contributed by atoms with van der Waals surface area (Å²) in [5.74, 6) is -0.208. The maximum absolute atomic E-state index is 13.1. The average Bonchev–Trinajstić information content (AvgIpc) is 2.95. The third-order valence-electron chi connectivity index (χ3n) is 2.79. The predicted molar refractivity (Wildman–Crippen MR) is 78.1 cm³/mol. The van der Waals surface area contributed by atoms with Crippen LogP contribution >= 0.6 is 22.7 Å². The zero-order valence-electron chi connectivity index (χ0n) is 10.1. The van der Waals surface area contributed by atoms with E-state index in [9.17, 15) is 4.39 Å². The first-order chi connectivity index (χ1) is 9.20. The monoisotopic (exact) mass is 293 g/mol. The van der Waals surface area contributed by atoms with Gasteiger partial charge in [-0.05, 0) is 37.5 Å². The second kappa shape index (κ2) is 5.22. The van der Waals surface area contributed by atoms with E-state index in [-0.39, 0.29) is 5.82 Å². The van der Waals surface area contributed by atoms with E-state index in [1.54, 1.807) is 17.4 Å². The number of thiazole rings is 2. The normalized spacial score (nSPS) is 11.2. The van der Waals surface area contributed by atoms with Crippen LogP contribution in [0.25, 0.3) is 10.2 Å². The molecule has 6 heteroatoms. The van der Waals surface area contributed by atoms with Crippen molar-refractivity contribution in [3.05, 3.63) is 40.1 Å². The van der Waals surface area contributed by atoms with E-state index >= 15 is 0 Å². The Morgan fingerprint density at radius 1 is 1.21 bits per heavy atom. The van der Waals surface area contributed by atoms with Crippen molar-refractivity contribution in [3.63, 3.8) is 0 Å². The van der Waals surface area contributed by atoms with Crippen LogP contribution in [0.4, 0.5) is 9.52 Å². The summed E-state index contributed by atoms with van der Waals surface area (Å²) in [5, 5.41) is 3.65. The van der Waals surface area contributed by atoms with Gasteiger partial charge in [-0.2, -0.15) is 0 Å². The molecule has 98 valence electrons. The van der Waals surface area contributed by atoms with E-state index in [2.05, 4.69) is 9.97 Å². The Labute approximate surface area is 117 Å². The molecule has 0 saturated carbocycles. The molecular formula is C13H12FN3S2. The maximum Gasteiger partial charge on any atom is 0.180 e. The minimum Gasteiger partial charge on any atom is -0.375 e. The quantitative estimate of drug-likeness (QED) is 0.799. The molecule has 3 nitrogen and oxygen atoms in total. The fourth-order valence-electron chi connectivity index (χ4n) is 1.91. The Morgan fingerprint density at radius 3 is 2.89 bits per heavy atom. The van der Waals surface area contributed by atoms with E-state index in [0.29, 0.717) is 5.13 Å². The van der Waals surface area contributed by atoms with Gasteiger partial charge in [-0.15, -0.1) is 22.7 Å². The summed E-state index contributed by atoms with van der Waals surface area (Å²) in [6.07, 6.45) is 2.77. The fourth-order valence-corrected chi connectivity index (χ4v) is 3.54. The highest BCUT2D eigenvalue weighted by Crippen LogP contribution is 2.24. The van der Waals surface area contributed by atoms with Crippen molar-refractivity contribution in [2.24, 2.45) is 0 Å². The molecule has 2 aromatic heterocycles. The molecule has 0 saturated heterocycles. The Balaban J connectivity index is 1.65. The summed E-state index contributed by atoms with van der Waals surface area (Å²) in [5.41, 5.74) is 7.50. The molecule has 0 aliphatic heterocycles. The average molecular weight is 293 g/mol. The SMILES string of the molecule is Nc1nc(CCCc2nc3ccc(F)cc3s2)cs1. The molecule has 3 rings (SSSR count). The van der Waals surface area contributed by atoms with E-state index in [4.69, 9.17) is 5.73 Å². The zero-order valence-corrected chi connectivity index (χ0v) is 11.7. The van der Waals surface area contributed by atoms with Gasteiger partial charge in [-0.1, -0.05) is 0 Å². The summed E-state index contributed by atoms with van der Waals surface area (Å²) in [4.78, 5) is 8.73. The van der Waals surface area contributed by atoms with Crippen LogP contribution in [0, 0.1) is 5.82 Å². The van der Waals surface area contributed by atoms with E-state index in [1.165, 1.54) is 23.5 Å². The van der Waals surface area contributed by atoms with Crippen LogP contribution < -0.4 is 5.73 Å².